The summed E-state index contributed by atoms with van der Waals surface area (Å²) in [6, 6.07) is 54.0. The molecule has 8 aromatic carbocycles. The summed E-state index contributed by atoms with van der Waals surface area (Å²) in [5, 5.41) is 6.87. The van der Waals surface area contributed by atoms with Gasteiger partial charge in [-0.15, -0.1) is 5.46 Å². The Kier molecular flexibility index (Phi) is 7.46. The Bertz CT molecular complexity index is 3290. The monoisotopic (exact) mass is 726 g/mol. The molecule has 0 saturated carbocycles. The van der Waals surface area contributed by atoms with Crippen molar-refractivity contribution in [2.75, 3.05) is 4.90 Å². The van der Waals surface area contributed by atoms with E-state index < -0.39 is 0 Å². The Morgan fingerprint density at radius 2 is 0.860 bits per heavy atom. The number of hydrogen-bond donors (Lipinski definition) is 0. The predicted molar refractivity (Wildman–Crippen MR) is 256 cm³/mol. The van der Waals surface area contributed by atoms with Crippen molar-refractivity contribution >= 4 is 149 Å². The lowest BCUT2D eigenvalue weighted by Crippen LogP contribution is -2.56. The molecule has 0 saturated heterocycles. The molecule has 264 valence electrons. The quantitative estimate of drug-likeness (QED) is 0.234. The highest BCUT2D eigenvalue weighted by Crippen LogP contribution is 2.46. The molecule has 0 unspecified atom stereocenters. The lowest BCUT2D eigenvalue weighted by Gasteiger charge is -2.26. The summed E-state index contributed by atoms with van der Waals surface area (Å²) in [4.78, 5) is 2.29. The summed E-state index contributed by atoms with van der Waals surface area (Å²) in [7, 11) is 11.3. The number of anilines is 3. The first-order chi connectivity index (χ1) is 27.9. The molecule has 57 heavy (non-hydrogen) atoms. The van der Waals surface area contributed by atoms with Crippen LogP contribution in [0, 0.1) is 0 Å². The van der Waals surface area contributed by atoms with Gasteiger partial charge in [-0.1, -0.05) is 125 Å². The minimum Gasteiger partial charge on any atom is -0.454 e. The minimum absolute atomic E-state index is 0.835. The van der Waals surface area contributed by atoms with Crippen molar-refractivity contribution < 1.29 is 8.83 Å². The highest BCUT2D eigenvalue weighted by atomic mass is 16.3. The second-order valence-electron chi connectivity index (χ2n) is 15.4. The normalized spacial score (nSPS) is 11.9. The van der Waals surface area contributed by atoms with Crippen molar-refractivity contribution in [3.63, 3.8) is 0 Å². The molecule has 0 aliphatic heterocycles. The maximum Gasteiger partial charge on any atom is 0.159 e. The number of benzene rings is 8. The van der Waals surface area contributed by atoms with Crippen LogP contribution in [0.2, 0.25) is 0 Å². The molecule has 0 N–H and O–H groups in total. The highest BCUT2D eigenvalue weighted by molar-refractivity contribution is 6.68. The molecule has 11 rings (SSSR count). The number of furan rings is 2. The number of fused-ring (bicyclic) bond motifs is 9. The van der Waals surface area contributed by atoms with Gasteiger partial charge < -0.3 is 18.3 Å². The molecule has 0 amide bonds. The Morgan fingerprint density at radius 3 is 1.46 bits per heavy atom. The summed E-state index contributed by atoms with van der Waals surface area (Å²) in [6.07, 6.45) is 0. The minimum atomic E-state index is 0.835. The van der Waals surface area contributed by atoms with Gasteiger partial charge in [0, 0.05) is 43.7 Å². The lowest BCUT2D eigenvalue weighted by atomic mass is 9.61. The van der Waals surface area contributed by atoms with Crippen molar-refractivity contribution in [2.24, 2.45) is 0 Å². The Morgan fingerprint density at radius 1 is 0.386 bits per heavy atom. The van der Waals surface area contributed by atoms with E-state index in [2.05, 4.69) is 176 Å². The van der Waals surface area contributed by atoms with Crippen molar-refractivity contribution in [2.45, 2.75) is 0 Å². The van der Waals surface area contributed by atoms with Crippen LogP contribution in [-0.2, 0) is 0 Å². The summed E-state index contributed by atoms with van der Waals surface area (Å²) >= 11 is 0. The number of aromatic nitrogens is 1. The lowest BCUT2D eigenvalue weighted by molar-refractivity contribution is 0.666. The van der Waals surface area contributed by atoms with Gasteiger partial charge in [-0.25, -0.2) is 0 Å². The van der Waals surface area contributed by atoms with Gasteiger partial charge in [0.1, 0.15) is 50.4 Å². The number of hydrogen-bond acceptors (Lipinski definition) is 3. The zero-order valence-electron chi connectivity index (χ0n) is 32.6. The van der Waals surface area contributed by atoms with Crippen molar-refractivity contribution in [1.29, 1.82) is 0 Å². The average Bonchev–Trinajstić information content (AvgIpc) is 3.93. The summed E-state index contributed by atoms with van der Waals surface area (Å²) < 4.78 is 15.8. The topological polar surface area (TPSA) is 34.5 Å². The van der Waals surface area contributed by atoms with E-state index in [1.165, 1.54) is 60.4 Å². The summed E-state index contributed by atoms with van der Waals surface area (Å²) in [6.45, 7) is 0. The molecule has 0 fully saturated rings. The van der Waals surface area contributed by atoms with Crippen LogP contribution >= 0.6 is 0 Å². The molecule has 11 aromatic rings. The average molecular weight is 726 g/mol. The molecular formula is C48H35B5N2O2. The van der Waals surface area contributed by atoms with Crippen LogP contribution < -0.4 is 32.2 Å². The molecule has 3 aromatic heterocycles. The van der Waals surface area contributed by atoms with Crippen molar-refractivity contribution in [3.05, 3.63) is 152 Å². The maximum absolute atomic E-state index is 6.65. The fraction of sp³-hybridized carbons (Fsp3) is 0. The van der Waals surface area contributed by atoms with E-state index in [1.54, 1.807) is 0 Å². The molecule has 9 heteroatoms. The zero-order valence-corrected chi connectivity index (χ0v) is 32.6. The standard InChI is InChI=1S/C48H35B5N2O2/c49-41-42(50)44(52)46(45(53)43(41)51)55-35-14-4-1-9-29(35)30-24-21-27(25-38(30)55)26-19-22-28(23-20-26)54(36-15-7-12-33-31-10-2-5-17-39(31)56-47(33)36)37-16-8-13-34-32-11-3-6-18-40(32)57-48(34)37/h1-25H,49-53H2. The third-order valence-electron chi connectivity index (χ3n) is 12.6. The molecule has 0 aliphatic carbocycles. The summed E-state index contributed by atoms with van der Waals surface area (Å²) in [5.74, 6) is 0. The van der Waals surface area contributed by atoms with Crippen molar-refractivity contribution in [3.8, 4) is 16.8 Å². The Labute approximate surface area is 334 Å². The Balaban J connectivity index is 1.11. The van der Waals surface area contributed by atoms with Crippen LogP contribution in [-0.4, -0.2) is 43.8 Å². The molecule has 0 atom stereocenters. The smallest absolute Gasteiger partial charge is 0.159 e. The van der Waals surface area contributed by atoms with Gasteiger partial charge in [0.05, 0.1) is 22.4 Å². The number of nitrogens with zero attached hydrogens (tertiary/aromatic N) is 2. The molecular weight excluding hydrogens is 691 g/mol. The van der Waals surface area contributed by atoms with Crippen LogP contribution in [0.1, 0.15) is 0 Å². The third-order valence-corrected chi connectivity index (χ3v) is 12.6. The summed E-state index contributed by atoms with van der Waals surface area (Å²) in [5.41, 5.74) is 19.1. The van der Waals surface area contributed by atoms with Gasteiger partial charge in [0.2, 0.25) is 0 Å². The SMILES string of the molecule is Bc1c(B)c(B)c(-n2c3ccccc3c3ccc(-c4ccc(N(c5cccc6c5oc5ccccc56)c5cccc6c5oc5ccccc56)cc4)cc32)c(B)c1B. The van der Waals surface area contributed by atoms with E-state index >= 15 is 0 Å². The second kappa shape index (κ2) is 12.7. The number of rotatable bonds is 5. The second-order valence-corrected chi connectivity index (χ2v) is 15.4. The molecule has 4 nitrogen and oxygen atoms in total. The van der Waals surface area contributed by atoms with Crippen LogP contribution in [0.3, 0.4) is 0 Å². The molecule has 0 aliphatic rings. The van der Waals surface area contributed by atoms with Gasteiger partial charge in [0.25, 0.3) is 0 Å². The van der Waals surface area contributed by atoms with E-state index in [-0.39, 0.29) is 0 Å². The largest absolute Gasteiger partial charge is 0.454 e. The fourth-order valence-corrected chi connectivity index (χ4v) is 9.23. The van der Waals surface area contributed by atoms with Gasteiger partial charge in [-0.05, 0) is 59.7 Å². The molecule has 0 spiro atoms. The van der Waals surface area contributed by atoms with Gasteiger partial charge in [0.15, 0.2) is 11.2 Å². The first-order valence-electron chi connectivity index (χ1n) is 19.7. The van der Waals surface area contributed by atoms with Gasteiger partial charge in [-0.2, -0.15) is 0 Å². The van der Waals surface area contributed by atoms with Crippen LogP contribution in [0.4, 0.5) is 17.1 Å². The predicted octanol–water partition coefficient (Wildman–Crippen LogP) is 5.01. The van der Waals surface area contributed by atoms with E-state index in [4.69, 9.17) is 8.83 Å². The molecule has 0 bridgehead atoms. The van der Waals surface area contributed by atoms with Crippen molar-refractivity contribution in [1.82, 2.24) is 4.57 Å². The van der Waals surface area contributed by atoms with Gasteiger partial charge >= 0.3 is 0 Å². The van der Waals surface area contributed by atoms with E-state index in [0.717, 1.165) is 66.5 Å². The number of para-hydroxylation sites is 5. The van der Waals surface area contributed by atoms with Crippen LogP contribution in [0.15, 0.2) is 160 Å². The fourth-order valence-electron chi connectivity index (χ4n) is 9.23. The molecule has 3 heterocycles. The third kappa shape index (κ3) is 4.94. The highest BCUT2D eigenvalue weighted by Gasteiger charge is 2.24. The van der Waals surface area contributed by atoms with Crippen LogP contribution in [0.5, 0.6) is 0 Å². The van der Waals surface area contributed by atoms with Gasteiger partial charge in [-0.3, -0.25) is 0 Å². The first-order valence-corrected chi connectivity index (χ1v) is 19.7. The molecule has 0 radical (unpaired) electrons. The van der Waals surface area contributed by atoms with Crippen LogP contribution in [0.25, 0.3) is 82.5 Å². The van der Waals surface area contributed by atoms with E-state index in [0.29, 0.717) is 0 Å². The zero-order chi connectivity index (χ0) is 38.5. The van der Waals surface area contributed by atoms with E-state index in [9.17, 15) is 0 Å². The maximum atomic E-state index is 6.65. The van der Waals surface area contributed by atoms with E-state index in [1.807, 2.05) is 24.3 Å². The Hall–Kier alpha value is -6.72. The first kappa shape index (κ1) is 33.6.